The van der Waals surface area contributed by atoms with E-state index in [0.717, 1.165) is 30.3 Å². The van der Waals surface area contributed by atoms with E-state index in [-0.39, 0.29) is 57.5 Å². The van der Waals surface area contributed by atoms with Crippen LogP contribution < -0.4 is 20.6 Å². The molecule has 0 radical (unpaired) electrons. The molecule has 3 fully saturated rings. The van der Waals surface area contributed by atoms with Crippen LogP contribution in [0.1, 0.15) is 31.2 Å². The summed E-state index contributed by atoms with van der Waals surface area (Å²) in [5.41, 5.74) is -0.814. The van der Waals surface area contributed by atoms with Crippen LogP contribution in [0.15, 0.2) is 29.1 Å². The molecule has 4 aromatic rings. The summed E-state index contributed by atoms with van der Waals surface area (Å²) >= 11 is 0. The summed E-state index contributed by atoms with van der Waals surface area (Å²) in [7, 11) is 1.45. The number of ether oxygens (including phenoxy) is 1. The molecular weight excluding hydrogens is 504 g/mol. The van der Waals surface area contributed by atoms with Crippen LogP contribution in [0.3, 0.4) is 0 Å². The van der Waals surface area contributed by atoms with Crippen molar-refractivity contribution in [2.24, 2.45) is 7.05 Å². The molecule has 1 saturated carbocycles. The fourth-order valence-electron chi connectivity index (χ4n) is 5.92. The van der Waals surface area contributed by atoms with Crippen molar-refractivity contribution in [2.75, 3.05) is 18.0 Å². The number of aryl methyl sites for hydroxylation is 1. The van der Waals surface area contributed by atoms with Crippen molar-refractivity contribution in [3.63, 3.8) is 0 Å². The van der Waals surface area contributed by atoms with E-state index >= 15 is 4.39 Å². The second-order valence-corrected chi connectivity index (χ2v) is 10.6. The molecule has 2 atom stereocenters. The largest absolute Gasteiger partial charge is 0.508 e. The Morgan fingerprint density at radius 1 is 1.10 bits per heavy atom. The Balaban J connectivity index is 1.56. The summed E-state index contributed by atoms with van der Waals surface area (Å²) in [6.07, 6.45) is 9.24. The Kier molecular flexibility index (Phi) is 5.29. The molecule has 1 aliphatic carbocycles. The van der Waals surface area contributed by atoms with Crippen LogP contribution in [0.5, 0.6) is 11.6 Å². The Morgan fingerprint density at radius 3 is 2.54 bits per heavy atom. The van der Waals surface area contributed by atoms with Gasteiger partial charge in [-0.15, -0.1) is 6.42 Å². The number of nitrogens with zero attached hydrogens (tertiary/aromatic N) is 4. The third kappa shape index (κ3) is 3.80. The molecule has 2 unspecified atom stereocenters. The number of phenolic OH excluding ortho intramolecular Hbond substituents is 1. The second-order valence-electron chi connectivity index (χ2n) is 10.6. The van der Waals surface area contributed by atoms with E-state index in [9.17, 15) is 14.3 Å². The van der Waals surface area contributed by atoms with E-state index < -0.39 is 17.3 Å². The lowest BCUT2D eigenvalue weighted by atomic mass is 9.95. The quantitative estimate of drug-likeness (QED) is 0.391. The number of piperazine rings is 1. The van der Waals surface area contributed by atoms with Gasteiger partial charge in [0.05, 0.1) is 11.1 Å². The molecule has 7 rings (SSSR count). The smallest absolute Gasteiger partial charge is 0.349 e. The Labute approximate surface area is 222 Å². The summed E-state index contributed by atoms with van der Waals surface area (Å²) < 4.78 is 38.8. The van der Waals surface area contributed by atoms with Crippen molar-refractivity contribution < 1.29 is 18.6 Å². The first-order chi connectivity index (χ1) is 18.8. The van der Waals surface area contributed by atoms with Gasteiger partial charge < -0.3 is 20.1 Å². The predicted octanol–water partition coefficient (Wildman–Crippen LogP) is 3.60. The number of aromatic nitrogens is 3. The topological polar surface area (TPSA) is 92.5 Å². The normalized spacial score (nSPS) is 20.5. The highest BCUT2D eigenvalue weighted by atomic mass is 19.1. The van der Waals surface area contributed by atoms with Gasteiger partial charge >= 0.3 is 5.69 Å². The van der Waals surface area contributed by atoms with E-state index in [4.69, 9.17) is 11.2 Å². The zero-order chi connectivity index (χ0) is 27.0. The zero-order valence-corrected chi connectivity index (χ0v) is 21.2. The van der Waals surface area contributed by atoms with Gasteiger partial charge in [0.25, 0.3) is 0 Å². The SMILES string of the molecule is C#Cc1c(F)ccc2cc(O)cc(-c3nc(OC4CC4)c4c(N5CC6CCC(C5)N6)nc(=O)n(C)c4c3F)c12. The highest BCUT2D eigenvalue weighted by Gasteiger charge is 2.36. The molecule has 0 amide bonds. The molecule has 3 aliphatic rings. The van der Waals surface area contributed by atoms with Crippen LogP contribution in [0.2, 0.25) is 0 Å². The van der Waals surface area contributed by atoms with Crippen molar-refractivity contribution in [1.82, 2.24) is 19.9 Å². The van der Waals surface area contributed by atoms with Gasteiger partial charge in [-0.3, -0.25) is 4.57 Å². The number of halogens is 2. The minimum absolute atomic E-state index is 0.0216. The first-order valence-corrected chi connectivity index (χ1v) is 13.0. The van der Waals surface area contributed by atoms with Gasteiger partial charge in [-0.25, -0.2) is 18.6 Å². The first-order valence-electron chi connectivity index (χ1n) is 13.0. The Morgan fingerprint density at radius 2 is 1.85 bits per heavy atom. The minimum Gasteiger partial charge on any atom is -0.508 e. The third-order valence-electron chi connectivity index (χ3n) is 7.90. The van der Waals surface area contributed by atoms with Gasteiger partial charge in [0.1, 0.15) is 34.6 Å². The van der Waals surface area contributed by atoms with E-state index in [1.54, 1.807) is 0 Å². The highest BCUT2D eigenvalue weighted by molar-refractivity contribution is 6.04. The molecule has 39 heavy (non-hydrogen) atoms. The lowest BCUT2D eigenvalue weighted by Gasteiger charge is -2.34. The molecule has 2 N–H and O–H groups in total. The van der Waals surface area contributed by atoms with Gasteiger partial charge in [-0.2, -0.15) is 4.98 Å². The van der Waals surface area contributed by atoms with Gasteiger partial charge in [-0.1, -0.05) is 12.0 Å². The molecule has 0 spiro atoms. The van der Waals surface area contributed by atoms with Crippen molar-refractivity contribution >= 4 is 27.5 Å². The number of nitrogens with one attached hydrogen (secondary N) is 1. The Bertz CT molecular complexity index is 1780. The number of pyridine rings is 1. The van der Waals surface area contributed by atoms with E-state index in [0.29, 0.717) is 29.7 Å². The number of fused-ring (bicyclic) bond motifs is 4. The molecular formula is C29H25F2N5O3. The molecule has 2 saturated heterocycles. The lowest BCUT2D eigenvalue weighted by Crippen LogP contribution is -2.52. The molecule has 4 heterocycles. The van der Waals surface area contributed by atoms with Crippen molar-refractivity contribution in [1.29, 1.82) is 0 Å². The maximum Gasteiger partial charge on any atom is 0.349 e. The average Bonchev–Trinajstić information content (AvgIpc) is 3.67. The summed E-state index contributed by atoms with van der Waals surface area (Å²) in [6, 6.07) is 5.90. The van der Waals surface area contributed by atoms with E-state index in [1.165, 1.54) is 31.3 Å². The Hall–Kier alpha value is -4.23. The number of benzene rings is 2. The van der Waals surface area contributed by atoms with Gasteiger partial charge in [0, 0.05) is 43.2 Å². The van der Waals surface area contributed by atoms with Crippen LogP contribution in [-0.2, 0) is 7.05 Å². The molecule has 8 nitrogen and oxygen atoms in total. The highest BCUT2D eigenvalue weighted by Crippen LogP contribution is 2.43. The number of rotatable bonds is 4. The second kappa shape index (κ2) is 8.64. The monoisotopic (exact) mass is 529 g/mol. The maximum atomic E-state index is 16.7. The molecule has 2 aromatic carbocycles. The number of terminal acetylenes is 1. The first kappa shape index (κ1) is 23.9. The fourth-order valence-corrected chi connectivity index (χ4v) is 5.92. The summed E-state index contributed by atoms with van der Waals surface area (Å²) in [5, 5.41) is 15.0. The number of hydrogen-bond donors (Lipinski definition) is 2. The maximum absolute atomic E-state index is 16.7. The molecule has 2 aromatic heterocycles. The zero-order valence-electron chi connectivity index (χ0n) is 21.2. The standard InChI is InChI=1S/C29H25F2N5O3/c1-3-19-21(30)9-4-14-10-17(37)11-20(22(14)19)25-24(31)26-23(28(33-25)39-18-7-8-18)27(34-29(38)35(26)2)36-12-15-5-6-16(13-36)32-15/h1,4,9-11,15-16,18,32,37H,5-8,12-13H2,2H3. The minimum atomic E-state index is -0.811. The number of hydrogen-bond acceptors (Lipinski definition) is 7. The van der Waals surface area contributed by atoms with Crippen LogP contribution in [0.4, 0.5) is 14.6 Å². The van der Waals surface area contributed by atoms with Crippen molar-refractivity contribution in [3.05, 3.63) is 51.9 Å². The number of aromatic hydroxyl groups is 1. The van der Waals surface area contributed by atoms with Crippen LogP contribution in [-0.4, -0.2) is 50.9 Å². The number of phenols is 1. The van der Waals surface area contributed by atoms with E-state index in [2.05, 4.69) is 21.2 Å². The van der Waals surface area contributed by atoms with Gasteiger partial charge in [-0.05, 0) is 49.3 Å². The van der Waals surface area contributed by atoms with Crippen molar-refractivity contribution in [3.8, 4) is 35.2 Å². The summed E-state index contributed by atoms with van der Waals surface area (Å²) in [5.74, 6) is 1.21. The predicted molar refractivity (Wildman–Crippen MR) is 143 cm³/mol. The van der Waals surface area contributed by atoms with Crippen LogP contribution in [0, 0.1) is 24.0 Å². The average molecular weight is 530 g/mol. The van der Waals surface area contributed by atoms with Crippen LogP contribution in [0.25, 0.3) is 32.9 Å². The lowest BCUT2D eigenvalue weighted by molar-refractivity contribution is 0.294. The molecule has 10 heteroatoms. The number of anilines is 1. The van der Waals surface area contributed by atoms with Crippen molar-refractivity contribution in [2.45, 2.75) is 43.9 Å². The fraction of sp³-hybridized carbons (Fsp3) is 0.345. The van der Waals surface area contributed by atoms with Gasteiger partial charge in [0.15, 0.2) is 5.82 Å². The van der Waals surface area contributed by atoms with E-state index in [1.807, 2.05) is 4.90 Å². The van der Waals surface area contributed by atoms with Gasteiger partial charge in [0.2, 0.25) is 5.88 Å². The third-order valence-corrected chi connectivity index (χ3v) is 7.90. The molecule has 2 bridgehead atoms. The van der Waals surface area contributed by atoms with Crippen LogP contribution >= 0.6 is 0 Å². The molecule has 198 valence electrons. The molecule has 2 aliphatic heterocycles. The summed E-state index contributed by atoms with van der Waals surface area (Å²) in [6.45, 7) is 1.25. The summed E-state index contributed by atoms with van der Waals surface area (Å²) in [4.78, 5) is 24.1.